The molecule has 0 bridgehead atoms. The normalized spacial score (nSPS) is 17.6. The second kappa shape index (κ2) is 9.79. The molecule has 2 atom stereocenters. The monoisotopic (exact) mass is 535 g/mol. The molecule has 9 heteroatoms. The molecule has 1 aliphatic heterocycles. The molecule has 2 aromatic carbocycles. The summed E-state index contributed by atoms with van der Waals surface area (Å²) in [6.07, 6.45) is -2.67. The maximum Gasteiger partial charge on any atom is 0.416 e. The van der Waals surface area contributed by atoms with Gasteiger partial charge in [-0.05, 0) is 92.3 Å². The Morgan fingerprint density at radius 1 is 0.921 bits per heavy atom. The molecule has 1 N–H and O–H groups in total. The van der Waals surface area contributed by atoms with Crippen molar-refractivity contribution in [2.75, 3.05) is 23.9 Å². The predicted molar refractivity (Wildman–Crippen MR) is 149 cm³/mol. The van der Waals surface area contributed by atoms with E-state index in [2.05, 4.69) is 15.2 Å². The number of hydrogen-bond acceptors (Lipinski definition) is 3. The lowest BCUT2D eigenvalue weighted by Gasteiger charge is -2.28. The Kier molecular flexibility index (Phi) is 6.65. The van der Waals surface area contributed by atoms with Gasteiger partial charge < -0.3 is 19.7 Å². The van der Waals surface area contributed by atoms with Crippen LogP contribution in [0.2, 0.25) is 0 Å². The quantitative estimate of drug-likeness (QED) is 0.286. The highest BCUT2D eigenvalue weighted by Crippen LogP contribution is 2.44. The minimum atomic E-state index is -4.42. The fourth-order valence-electron chi connectivity index (χ4n) is 5.17. The summed E-state index contributed by atoms with van der Waals surface area (Å²) in [4.78, 5) is 8.71. The van der Waals surface area contributed by atoms with Gasteiger partial charge in [0.1, 0.15) is 0 Å². The van der Waals surface area contributed by atoms with Crippen molar-refractivity contribution in [3.05, 3.63) is 107 Å². The largest absolute Gasteiger partial charge is 0.416 e. The molecule has 4 aromatic rings. The van der Waals surface area contributed by atoms with Gasteiger partial charge in [0.2, 0.25) is 0 Å². The third-order valence-electron chi connectivity index (χ3n) is 6.96. The zero-order chi connectivity index (χ0) is 27.2. The van der Waals surface area contributed by atoms with Crippen LogP contribution in [0.5, 0.6) is 0 Å². The minimum absolute atomic E-state index is 0.257. The van der Waals surface area contributed by atoms with Crippen LogP contribution in [-0.2, 0) is 6.18 Å². The molecule has 0 aliphatic carbocycles. The van der Waals surface area contributed by atoms with Gasteiger partial charge in [-0.15, -0.1) is 0 Å². The Morgan fingerprint density at radius 3 is 2.29 bits per heavy atom. The number of alkyl halides is 3. The summed E-state index contributed by atoms with van der Waals surface area (Å²) in [5.41, 5.74) is 5.22. The van der Waals surface area contributed by atoms with Gasteiger partial charge in [0.05, 0.1) is 23.3 Å². The molecule has 1 fully saturated rings. The van der Waals surface area contributed by atoms with E-state index in [1.165, 1.54) is 12.1 Å². The highest BCUT2D eigenvalue weighted by atomic mass is 32.1. The molecular formula is C29H28F3N5S. The maximum absolute atomic E-state index is 13.5. The molecule has 0 saturated carbocycles. The van der Waals surface area contributed by atoms with E-state index in [1.807, 2.05) is 85.9 Å². The maximum atomic E-state index is 13.5. The van der Waals surface area contributed by atoms with Gasteiger partial charge >= 0.3 is 6.18 Å². The second-order valence-corrected chi connectivity index (χ2v) is 10.0. The third-order valence-corrected chi connectivity index (χ3v) is 7.28. The van der Waals surface area contributed by atoms with E-state index in [4.69, 9.17) is 12.2 Å². The zero-order valence-corrected chi connectivity index (χ0v) is 22.3. The number of halogens is 3. The molecule has 2 aromatic heterocycles. The van der Waals surface area contributed by atoms with Crippen LogP contribution < -0.4 is 15.1 Å². The first kappa shape index (κ1) is 25.8. The number of pyridine rings is 1. The first-order valence-corrected chi connectivity index (χ1v) is 12.6. The fraction of sp³-hybridized carbons (Fsp3) is 0.241. The number of thiocarbonyl (C=S) groups is 1. The number of benzene rings is 2. The second-order valence-electron chi connectivity index (χ2n) is 9.62. The van der Waals surface area contributed by atoms with E-state index in [0.717, 1.165) is 40.1 Å². The molecule has 3 heterocycles. The number of anilines is 2. The van der Waals surface area contributed by atoms with Crippen LogP contribution in [0.3, 0.4) is 0 Å². The van der Waals surface area contributed by atoms with E-state index >= 15 is 0 Å². The number of hydrogen-bond donors (Lipinski definition) is 1. The standard InChI is InChI=1S/C29H28F3N5S/c1-18-16-24(19(2)36(18)23-9-7-8-20(17-23)29(30,31)32)27-26(25-10-5-6-15-33-25)34-28(38)37(27)22-13-11-21(12-14-22)35(3)4/h5-17,26-27H,1-4H3,(H,34,38). The van der Waals surface area contributed by atoms with Crippen molar-refractivity contribution in [2.45, 2.75) is 32.1 Å². The molecule has 0 radical (unpaired) electrons. The Hall–Kier alpha value is -3.85. The van der Waals surface area contributed by atoms with Crippen molar-refractivity contribution in [3.63, 3.8) is 0 Å². The van der Waals surface area contributed by atoms with Crippen molar-refractivity contribution in [1.82, 2.24) is 14.9 Å². The third kappa shape index (κ3) is 4.62. The molecule has 2 unspecified atom stereocenters. The molecule has 1 aliphatic rings. The molecule has 0 spiro atoms. The average Bonchev–Trinajstić information content (AvgIpc) is 3.39. The van der Waals surface area contributed by atoms with Gasteiger partial charge in [0.25, 0.3) is 0 Å². The Bertz CT molecular complexity index is 1460. The molecule has 1 saturated heterocycles. The van der Waals surface area contributed by atoms with Gasteiger partial charge in [0.15, 0.2) is 5.11 Å². The topological polar surface area (TPSA) is 36.3 Å². The molecule has 0 amide bonds. The van der Waals surface area contributed by atoms with Crippen molar-refractivity contribution in [1.29, 1.82) is 0 Å². The van der Waals surface area contributed by atoms with Crippen LogP contribution in [-0.4, -0.2) is 28.8 Å². The minimum Gasteiger partial charge on any atom is -0.378 e. The van der Waals surface area contributed by atoms with Crippen LogP contribution >= 0.6 is 12.2 Å². The SMILES string of the molecule is Cc1cc(C2C(c3ccccn3)NC(=S)N2c2ccc(N(C)C)cc2)c(C)n1-c1cccc(C(F)(F)F)c1. The van der Waals surface area contributed by atoms with Crippen molar-refractivity contribution in [3.8, 4) is 5.69 Å². The highest BCUT2D eigenvalue weighted by molar-refractivity contribution is 7.80. The number of aryl methyl sites for hydroxylation is 1. The summed E-state index contributed by atoms with van der Waals surface area (Å²) in [6.45, 7) is 3.84. The summed E-state index contributed by atoms with van der Waals surface area (Å²) in [5, 5.41) is 4.02. The van der Waals surface area contributed by atoms with Crippen molar-refractivity contribution >= 4 is 28.7 Å². The number of rotatable bonds is 5. The predicted octanol–water partition coefficient (Wildman–Crippen LogP) is 6.75. The van der Waals surface area contributed by atoms with E-state index in [0.29, 0.717) is 10.8 Å². The Morgan fingerprint density at radius 2 is 1.66 bits per heavy atom. The first-order chi connectivity index (χ1) is 18.1. The number of nitrogens with zero attached hydrogens (tertiary/aromatic N) is 4. The van der Waals surface area contributed by atoms with Gasteiger partial charge in [-0.2, -0.15) is 13.2 Å². The first-order valence-electron chi connectivity index (χ1n) is 12.2. The molecule has 5 rings (SSSR count). The molecular weight excluding hydrogens is 507 g/mol. The van der Waals surface area contributed by atoms with Gasteiger partial charge in [0, 0.05) is 48.7 Å². The van der Waals surface area contributed by atoms with Crippen LogP contribution in [0.15, 0.2) is 79.0 Å². The summed E-state index contributed by atoms with van der Waals surface area (Å²) >= 11 is 5.84. The Balaban J connectivity index is 1.65. The van der Waals surface area contributed by atoms with E-state index < -0.39 is 11.7 Å². The fourth-order valence-corrected chi connectivity index (χ4v) is 5.51. The average molecular weight is 536 g/mol. The summed E-state index contributed by atoms with van der Waals surface area (Å²) in [6, 6.07) is 20.8. The lowest BCUT2D eigenvalue weighted by atomic mass is 9.96. The summed E-state index contributed by atoms with van der Waals surface area (Å²) < 4.78 is 42.3. The van der Waals surface area contributed by atoms with E-state index in [1.54, 1.807) is 12.3 Å². The highest BCUT2D eigenvalue weighted by Gasteiger charge is 2.42. The molecule has 5 nitrogen and oxygen atoms in total. The molecule has 38 heavy (non-hydrogen) atoms. The van der Waals surface area contributed by atoms with Crippen LogP contribution in [0, 0.1) is 13.8 Å². The zero-order valence-electron chi connectivity index (χ0n) is 21.5. The lowest BCUT2D eigenvalue weighted by molar-refractivity contribution is -0.137. The summed E-state index contributed by atoms with van der Waals surface area (Å²) in [7, 11) is 3.97. The van der Waals surface area contributed by atoms with Crippen LogP contribution in [0.25, 0.3) is 5.69 Å². The number of aromatic nitrogens is 2. The van der Waals surface area contributed by atoms with Gasteiger partial charge in [-0.1, -0.05) is 12.1 Å². The van der Waals surface area contributed by atoms with Crippen molar-refractivity contribution in [2.24, 2.45) is 0 Å². The van der Waals surface area contributed by atoms with Gasteiger partial charge in [-0.3, -0.25) is 4.98 Å². The Labute approximate surface area is 225 Å². The van der Waals surface area contributed by atoms with Crippen LogP contribution in [0.4, 0.5) is 24.5 Å². The summed E-state index contributed by atoms with van der Waals surface area (Å²) in [5.74, 6) is 0. The van der Waals surface area contributed by atoms with E-state index in [9.17, 15) is 13.2 Å². The van der Waals surface area contributed by atoms with Crippen molar-refractivity contribution < 1.29 is 13.2 Å². The van der Waals surface area contributed by atoms with Gasteiger partial charge in [-0.25, -0.2) is 0 Å². The van der Waals surface area contributed by atoms with E-state index in [-0.39, 0.29) is 12.1 Å². The van der Waals surface area contributed by atoms with Crippen LogP contribution in [0.1, 0.15) is 40.3 Å². The number of nitrogens with one attached hydrogen (secondary N) is 1. The molecule has 196 valence electrons. The lowest BCUT2D eigenvalue weighted by Crippen LogP contribution is -2.29. The smallest absolute Gasteiger partial charge is 0.378 e.